The van der Waals surface area contributed by atoms with Crippen molar-refractivity contribution in [3.63, 3.8) is 0 Å². The Morgan fingerprint density at radius 3 is 2.81 bits per heavy atom. The molecule has 1 aliphatic heterocycles. The van der Waals surface area contributed by atoms with E-state index in [4.69, 9.17) is 10.8 Å². The maximum absolute atomic E-state index is 11.3. The van der Waals surface area contributed by atoms with Gasteiger partial charge in [0.25, 0.3) is 0 Å². The summed E-state index contributed by atoms with van der Waals surface area (Å²) in [4.78, 5) is 13.6. The van der Waals surface area contributed by atoms with Crippen molar-refractivity contribution in [1.82, 2.24) is 4.90 Å². The smallest absolute Gasteiger partial charge is 0.221 e. The third-order valence-corrected chi connectivity index (χ3v) is 3.74. The number of hydrogen-bond acceptors (Lipinski definition) is 3. The Hall–Kier alpha value is -1.83. The SMILES string of the molecule is NC(=O)C1CCCN(Cc2ccc(C#CCCO)cc2)C1. The Labute approximate surface area is 125 Å². The van der Waals surface area contributed by atoms with E-state index < -0.39 is 0 Å². The number of hydrogen-bond donors (Lipinski definition) is 2. The molecule has 1 aromatic rings. The quantitative estimate of drug-likeness (QED) is 0.815. The average Bonchev–Trinajstić information content (AvgIpc) is 2.49. The van der Waals surface area contributed by atoms with Gasteiger partial charge in [-0.05, 0) is 37.1 Å². The number of carbonyl (C=O) groups is 1. The Morgan fingerprint density at radius 2 is 2.14 bits per heavy atom. The Morgan fingerprint density at radius 1 is 1.38 bits per heavy atom. The number of nitrogens with two attached hydrogens (primary N) is 1. The van der Waals surface area contributed by atoms with E-state index in [9.17, 15) is 4.79 Å². The maximum Gasteiger partial charge on any atom is 0.221 e. The summed E-state index contributed by atoms with van der Waals surface area (Å²) in [6, 6.07) is 8.12. The molecule has 1 unspecified atom stereocenters. The third-order valence-electron chi connectivity index (χ3n) is 3.74. The molecular formula is C17H22N2O2. The van der Waals surface area contributed by atoms with Gasteiger partial charge in [-0.25, -0.2) is 0 Å². The van der Waals surface area contributed by atoms with E-state index in [1.165, 1.54) is 5.56 Å². The lowest BCUT2D eigenvalue weighted by Gasteiger charge is -2.31. The number of aliphatic hydroxyl groups is 1. The summed E-state index contributed by atoms with van der Waals surface area (Å²) < 4.78 is 0. The second-order valence-electron chi connectivity index (χ2n) is 5.45. The van der Waals surface area contributed by atoms with Crippen LogP contribution >= 0.6 is 0 Å². The molecular weight excluding hydrogens is 264 g/mol. The lowest BCUT2D eigenvalue weighted by molar-refractivity contribution is -0.123. The van der Waals surface area contributed by atoms with Gasteiger partial charge in [0, 0.05) is 25.1 Å². The van der Waals surface area contributed by atoms with Crippen LogP contribution in [-0.4, -0.2) is 35.6 Å². The fourth-order valence-electron chi connectivity index (χ4n) is 2.60. The Balaban J connectivity index is 1.91. The van der Waals surface area contributed by atoms with E-state index in [1.54, 1.807) is 0 Å². The highest BCUT2D eigenvalue weighted by molar-refractivity contribution is 5.76. The standard InChI is InChI=1S/C17H22N2O2/c18-17(21)16-5-3-10-19(13-16)12-15-8-6-14(7-9-15)4-1-2-11-20/h6-9,16,20H,2-3,5,10-13H2,(H2,18,21). The van der Waals surface area contributed by atoms with Crippen LogP contribution in [0.2, 0.25) is 0 Å². The highest BCUT2D eigenvalue weighted by Crippen LogP contribution is 2.18. The van der Waals surface area contributed by atoms with Crippen LogP contribution < -0.4 is 5.73 Å². The number of piperidine rings is 1. The van der Waals surface area contributed by atoms with Crippen molar-refractivity contribution in [2.45, 2.75) is 25.8 Å². The lowest BCUT2D eigenvalue weighted by Crippen LogP contribution is -2.40. The van der Waals surface area contributed by atoms with Gasteiger partial charge in [0.15, 0.2) is 0 Å². The van der Waals surface area contributed by atoms with Gasteiger partial charge >= 0.3 is 0 Å². The first kappa shape index (κ1) is 15.6. The molecule has 1 aliphatic rings. The zero-order valence-corrected chi connectivity index (χ0v) is 12.2. The first-order valence-electron chi connectivity index (χ1n) is 7.39. The molecule has 0 aliphatic carbocycles. The van der Waals surface area contributed by atoms with E-state index in [1.807, 2.05) is 12.1 Å². The van der Waals surface area contributed by atoms with Crippen molar-refractivity contribution in [2.75, 3.05) is 19.7 Å². The molecule has 0 spiro atoms. The number of carbonyl (C=O) groups excluding carboxylic acids is 1. The number of primary amides is 1. The molecule has 4 nitrogen and oxygen atoms in total. The second kappa shape index (κ2) is 7.82. The topological polar surface area (TPSA) is 66.6 Å². The highest BCUT2D eigenvalue weighted by atomic mass is 16.2. The predicted molar refractivity (Wildman–Crippen MR) is 82.2 cm³/mol. The van der Waals surface area contributed by atoms with Crippen molar-refractivity contribution in [1.29, 1.82) is 0 Å². The first-order valence-corrected chi connectivity index (χ1v) is 7.39. The fourth-order valence-corrected chi connectivity index (χ4v) is 2.60. The normalized spacial score (nSPS) is 18.8. The van der Waals surface area contributed by atoms with Gasteiger partial charge < -0.3 is 10.8 Å². The summed E-state index contributed by atoms with van der Waals surface area (Å²) in [5, 5.41) is 8.69. The molecule has 1 atom stereocenters. The maximum atomic E-state index is 11.3. The van der Waals surface area contributed by atoms with Gasteiger partial charge in [-0.1, -0.05) is 24.0 Å². The molecule has 1 fully saturated rings. The number of aliphatic hydroxyl groups excluding tert-OH is 1. The second-order valence-corrected chi connectivity index (χ2v) is 5.45. The molecule has 0 bridgehead atoms. The van der Waals surface area contributed by atoms with E-state index in [-0.39, 0.29) is 18.4 Å². The summed E-state index contributed by atoms with van der Waals surface area (Å²) in [6.07, 6.45) is 2.44. The van der Waals surface area contributed by atoms with Crippen molar-refractivity contribution >= 4 is 5.91 Å². The van der Waals surface area contributed by atoms with Gasteiger partial charge in [0.05, 0.1) is 12.5 Å². The summed E-state index contributed by atoms with van der Waals surface area (Å²) in [7, 11) is 0. The minimum atomic E-state index is -0.186. The van der Waals surface area contributed by atoms with Crippen LogP contribution in [0.3, 0.4) is 0 Å². The highest BCUT2D eigenvalue weighted by Gasteiger charge is 2.23. The molecule has 1 amide bonds. The Kier molecular flexibility index (Phi) is 5.79. The zero-order valence-electron chi connectivity index (χ0n) is 12.2. The van der Waals surface area contributed by atoms with Crippen molar-refractivity contribution in [2.24, 2.45) is 11.7 Å². The van der Waals surface area contributed by atoms with Crippen LogP contribution in [0.15, 0.2) is 24.3 Å². The van der Waals surface area contributed by atoms with Crippen molar-refractivity contribution < 1.29 is 9.90 Å². The molecule has 0 radical (unpaired) electrons. The van der Waals surface area contributed by atoms with Crippen LogP contribution in [-0.2, 0) is 11.3 Å². The van der Waals surface area contributed by atoms with Gasteiger partial charge in [-0.15, -0.1) is 0 Å². The largest absolute Gasteiger partial charge is 0.395 e. The van der Waals surface area contributed by atoms with Crippen LogP contribution in [0.25, 0.3) is 0 Å². The third kappa shape index (κ3) is 4.89. The van der Waals surface area contributed by atoms with E-state index in [0.717, 1.165) is 38.0 Å². The molecule has 2 rings (SSSR count). The zero-order chi connectivity index (χ0) is 15.1. The summed E-state index contributed by atoms with van der Waals surface area (Å²) in [6.45, 7) is 2.71. The van der Waals surface area contributed by atoms with Crippen LogP contribution in [0.1, 0.15) is 30.4 Å². The lowest BCUT2D eigenvalue weighted by atomic mass is 9.97. The number of likely N-dealkylation sites (tertiary alicyclic amines) is 1. The summed E-state index contributed by atoms with van der Waals surface area (Å²) in [5.41, 5.74) is 7.58. The van der Waals surface area contributed by atoms with Gasteiger partial charge in [-0.2, -0.15) is 0 Å². The van der Waals surface area contributed by atoms with E-state index in [0.29, 0.717) is 6.42 Å². The molecule has 112 valence electrons. The van der Waals surface area contributed by atoms with Gasteiger partial charge in [0.1, 0.15) is 0 Å². The molecule has 3 N–H and O–H groups in total. The number of rotatable bonds is 4. The molecule has 4 heteroatoms. The van der Waals surface area contributed by atoms with E-state index in [2.05, 4.69) is 28.9 Å². The summed E-state index contributed by atoms with van der Waals surface area (Å²) in [5.74, 6) is 5.72. The molecule has 0 aromatic heterocycles. The fraction of sp³-hybridized carbons (Fsp3) is 0.471. The van der Waals surface area contributed by atoms with Gasteiger partial charge in [0.2, 0.25) is 5.91 Å². The number of benzene rings is 1. The first-order chi connectivity index (χ1) is 10.2. The monoisotopic (exact) mass is 286 g/mol. The molecule has 0 saturated carbocycles. The van der Waals surface area contributed by atoms with Crippen LogP contribution in [0.5, 0.6) is 0 Å². The number of nitrogens with zero attached hydrogens (tertiary/aromatic N) is 1. The minimum absolute atomic E-state index is 0.0117. The molecule has 1 saturated heterocycles. The average molecular weight is 286 g/mol. The number of amides is 1. The van der Waals surface area contributed by atoms with Crippen LogP contribution in [0.4, 0.5) is 0 Å². The minimum Gasteiger partial charge on any atom is -0.395 e. The van der Waals surface area contributed by atoms with Crippen molar-refractivity contribution in [3.8, 4) is 11.8 Å². The predicted octanol–water partition coefficient (Wildman–Crippen LogP) is 1.12. The van der Waals surface area contributed by atoms with Crippen molar-refractivity contribution in [3.05, 3.63) is 35.4 Å². The van der Waals surface area contributed by atoms with Gasteiger partial charge in [-0.3, -0.25) is 9.69 Å². The Bertz CT molecular complexity index is 528. The molecule has 21 heavy (non-hydrogen) atoms. The van der Waals surface area contributed by atoms with Crippen LogP contribution in [0, 0.1) is 17.8 Å². The molecule has 1 heterocycles. The summed E-state index contributed by atoms with van der Waals surface area (Å²) >= 11 is 0. The molecule has 1 aromatic carbocycles. The van der Waals surface area contributed by atoms with E-state index >= 15 is 0 Å².